The number of hydrogen-bond donors (Lipinski definition) is 3. The monoisotopic (exact) mass is 287 g/mol. The van der Waals surface area contributed by atoms with Crippen molar-refractivity contribution in [3.63, 3.8) is 0 Å². The maximum absolute atomic E-state index is 11.8. The molecule has 0 bridgehead atoms. The zero-order chi connectivity index (χ0) is 15.2. The van der Waals surface area contributed by atoms with E-state index < -0.39 is 0 Å². The van der Waals surface area contributed by atoms with Crippen molar-refractivity contribution in [2.24, 2.45) is 0 Å². The van der Waals surface area contributed by atoms with E-state index in [0.717, 1.165) is 5.56 Å². The highest BCUT2D eigenvalue weighted by Crippen LogP contribution is 2.16. The van der Waals surface area contributed by atoms with Gasteiger partial charge in [0.05, 0.1) is 12.8 Å². The van der Waals surface area contributed by atoms with E-state index in [-0.39, 0.29) is 11.9 Å². The van der Waals surface area contributed by atoms with Gasteiger partial charge in [0, 0.05) is 18.3 Å². The van der Waals surface area contributed by atoms with Gasteiger partial charge in [-0.3, -0.25) is 4.79 Å². The lowest BCUT2D eigenvalue weighted by Gasteiger charge is -2.10. The van der Waals surface area contributed by atoms with Crippen molar-refractivity contribution in [1.82, 2.24) is 10.6 Å². The summed E-state index contributed by atoms with van der Waals surface area (Å²) in [5.74, 6) is 0.517. The number of benzene rings is 1. The Hall–Kier alpha value is -2.76. The normalized spacial score (nSPS) is 10.0. The summed E-state index contributed by atoms with van der Waals surface area (Å²) in [6, 6.07) is 8.30. The first kappa shape index (κ1) is 14.6. The zero-order valence-electron chi connectivity index (χ0n) is 11.9. The van der Waals surface area contributed by atoms with Gasteiger partial charge in [0.2, 0.25) is 0 Å². The second-order valence-electron chi connectivity index (χ2n) is 4.50. The van der Waals surface area contributed by atoms with E-state index in [1.807, 2.05) is 6.92 Å². The van der Waals surface area contributed by atoms with Crippen molar-refractivity contribution < 1.29 is 14.0 Å². The molecule has 0 spiro atoms. The summed E-state index contributed by atoms with van der Waals surface area (Å²) in [7, 11) is 1.58. The number of carbonyl (C=O) groups is 2. The maximum atomic E-state index is 11.8. The van der Waals surface area contributed by atoms with Crippen molar-refractivity contribution in [3.8, 4) is 0 Å². The number of anilines is 1. The third kappa shape index (κ3) is 3.85. The van der Waals surface area contributed by atoms with E-state index in [1.54, 1.807) is 43.6 Å². The summed E-state index contributed by atoms with van der Waals surface area (Å²) < 4.78 is 5.13. The molecule has 0 radical (unpaired) electrons. The summed E-state index contributed by atoms with van der Waals surface area (Å²) in [6.07, 6.45) is 1.55. The minimum atomic E-state index is -0.331. The molecule has 0 saturated heterocycles. The van der Waals surface area contributed by atoms with E-state index in [2.05, 4.69) is 16.0 Å². The van der Waals surface area contributed by atoms with Gasteiger partial charge in [-0.15, -0.1) is 0 Å². The molecule has 0 atom stereocenters. The van der Waals surface area contributed by atoms with Gasteiger partial charge in [-0.05, 0) is 42.8 Å². The quantitative estimate of drug-likeness (QED) is 0.806. The molecule has 110 valence electrons. The highest BCUT2D eigenvalue weighted by Gasteiger charge is 2.08. The highest BCUT2D eigenvalue weighted by molar-refractivity contribution is 5.96. The van der Waals surface area contributed by atoms with Crippen LogP contribution in [0.5, 0.6) is 0 Å². The van der Waals surface area contributed by atoms with Gasteiger partial charge < -0.3 is 20.4 Å². The first-order valence-electron chi connectivity index (χ1n) is 6.50. The zero-order valence-corrected chi connectivity index (χ0v) is 11.9. The van der Waals surface area contributed by atoms with Crippen LogP contribution < -0.4 is 16.0 Å². The lowest BCUT2D eigenvalue weighted by Crippen LogP contribution is -2.28. The van der Waals surface area contributed by atoms with Crippen molar-refractivity contribution in [3.05, 3.63) is 53.5 Å². The fourth-order valence-corrected chi connectivity index (χ4v) is 1.84. The Morgan fingerprint density at radius 2 is 2.05 bits per heavy atom. The molecule has 0 aliphatic carbocycles. The third-order valence-corrected chi connectivity index (χ3v) is 2.97. The van der Waals surface area contributed by atoms with Crippen LogP contribution in [0, 0.1) is 6.92 Å². The van der Waals surface area contributed by atoms with Crippen LogP contribution >= 0.6 is 0 Å². The average molecular weight is 287 g/mol. The number of furan rings is 1. The molecule has 3 amide bonds. The van der Waals surface area contributed by atoms with Crippen LogP contribution in [-0.4, -0.2) is 19.0 Å². The van der Waals surface area contributed by atoms with E-state index in [9.17, 15) is 9.59 Å². The van der Waals surface area contributed by atoms with Crippen LogP contribution in [0.3, 0.4) is 0 Å². The topological polar surface area (TPSA) is 83.4 Å². The number of amides is 3. The SMILES string of the molecule is CNC(=O)c1ccc(NC(=O)NCc2ccco2)c(C)c1. The molecular formula is C15H17N3O3. The second-order valence-corrected chi connectivity index (χ2v) is 4.50. The fraction of sp³-hybridized carbons (Fsp3) is 0.200. The molecule has 0 aliphatic heterocycles. The minimum absolute atomic E-state index is 0.160. The maximum Gasteiger partial charge on any atom is 0.319 e. The fourth-order valence-electron chi connectivity index (χ4n) is 1.84. The third-order valence-electron chi connectivity index (χ3n) is 2.97. The molecule has 21 heavy (non-hydrogen) atoms. The van der Waals surface area contributed by atoms with Crippen LogP contribution in [0.25, 0.3) is 0 Å². The largest absolute Gasteiger partial charge is 0.467 e. The van der Waals surface area contributed by atoms with E-state index in [0.29, 0.717) is 23.6 Å². The predicted molar refractivity (Wildman–Crippen MR) is 79.1 cm³/mol. The summed E-state index contributed by atoms with van der Waals surface area (Å²) in [4.78, 5) is 23.3. The molecule has 2 aromatic rings. The molecule has 1 heterocycles. The van der Waals surface area contributed by atoms with Gasteiger partial charge in [-0.1, -0.05) is 0 Å². The summed E-state index contributed by atoms with van der Waals surface area (Å²) in [6.45, 7) is 2.14. The number of rotatable bonds is 4. The minimum Gasteiger partial charge on any atom is -0.467 e. The van der Waals surface area contributed by atoms with Gasteiger partial charge in [0.1, 0.15) is 5.76 Å². The first-order chi connectivity index (χ1) is 10.1. The molecule has 0 aliphatic rings. The van der Waals surface area contributed by atoms with Gasteiger partial charge in [-0.2, -0.15) is 0 Å². The highest BCUT2D eigenvalue weighted by atomic mass is 16.3. The van der Waals surface area contributed by atoms with E-state index in [1.165, 1.54) is 0 Å². The molecule has 0 unspecified atom stereocenters. The summed E-state index contributed by atoms with van der Waals surface area (Å²) in [5.41, 5.74) is 2.01. The Bertz CT molecular complexity index is 636. The molecule has 1 aromatic carbocycles. The van der Waals surface area contributed by atoms with Crippen LogP contribution in [0.2, 0.25) is 0 Å². The lowest BCUT2D eigenvalue weighted by atomic mass is 10.1. The van der Waals surface area contributed by atoms with Gasteiger partial charge in [0.25, 0.3) is 5.91 Å². The molecule has 6 heteroatoms. The second kappa shape index (κ2) is 6.60. The Morgan fingerprint density at radius 3 is 2.67 bits per heavy atom. The summed E-state index contributed by atoms with van der Waals surface area (Å²) in [5, 5.41) is 7.98. The molecule has 0 fully saturated rings. The predicted octanol–water partition coefficient (Wildman–Crippen LogP) is 2.27. The van der Waals surface area contributed by atoms with Crippen molar-refractivity contribution in [1.29, 1.82) is 0 Å². The first-order valence-corrected chi connectivity index (χ1v) is 6.50. The summed E-state index contributed by atoms with van der Waals surface area (Å²) >= 11 is 0. The standard InChI is InChI=1S/C15H17N3O3/c1-10-8-11(14(19)16-2)5-6-13(10)18-15(20)17-9-12-4-3-7-21-12/h3-8H,9H2,1-2H3,(H,16,19)(H2,17,18,20). The van der Waals surface area contributed by atoms with Gasteiger partial charge in [-0.25, -0.2) is 4.79 Å². The van der Waals surface area contributed by atoms with E-state index in [4.69, 9.17) is 4.42 Å². The van der Waals surface area contributed by atoms with Crippen molar-refractivity contribution >= 4 is 17.6 Å². The smallest absolute Gasteiger partial charge is 0.319 e. The Morgan fingerprint density at radius 1 is 1.24 bits per heavy atom. The number of carbonyl (C=O) groups excluding carboxylic acids is 2. The Kier molecular flexibility index (Phi) is 4.61. The van der Waals surface area contributed by atoms with Crippen LogP contribution in [-0.2, 0) is 6.54 Å². The Labute approximate surface area is 122 Å². The van der Waals surface area contributed by atoms with Gasteiger partial charge in [0.15, 0.2) is 0 Å². The van der Waals surface area contributed by atoms with Crippen LogP contribution in [0.15, 0.2) is 41.0 Å². The number of hydrogen-bond acceptors (Lipinski definition) is 3. The molecule has 2 rings (SSSR count). The number of aryl methyl sites for hydroxylation is 1. The van der Waals surface area contributed by atoms with Crippen molar-refractivity contribution in [2.45, 2.75) is 13.5 Å². The van der Waals surface area contributed by atoms with Gasteiger partial charge >= 0.3 is 6.03 Å². The lowest BCUT2D eigenvalue weighted by molar-refractivity contribution is 0.0963. The molecule has 1 aromatic heterocycles. The Balaban J connectivity index is 1.96. The van der Waals surface area contributed by atoms with Crippen molar-refractivity contribution in [2.75, 3.05) is 12.4 Å². The average Bonchev–Trinajstić information content (AvgIpc) is 2.99. The van der Waals surface area contributed by atoms with E-state index >= 15 is 0 Å². The molecule has 3 N–H and O–H groups in total. The molecular weight excluding hydrogens is 270 g/mol. The van der Waals surface area contributed by atoms with Crippen LogP contribution in [0.1, 0.15) is 21.7 Å². The van der Waals surface area contributed by atoms with Crippen LogP contribution in [0.4, 0.5) is 10.5 Å². The molecule has 6 nitrogen and oxygen atoms in total. The number of nitrogens with one attached hydrogen (secondary N) is 3. The molecule has 0 saturated carbocycles. The number of urea groups is 1.